The lowest BCUT2D eigenvalue weighted by Crippen LogP contribution is -2.36. The number of nitrogens with zero attached hydrogens (tertiary/aromatic N) is 2. The van der Waals surface area contributed by atoms with Gasteiger partial charge in [-0.15, -0.1) is 0 Å². The standard InChI is InChI=1S/C23H26N4O3/c1-3-20-23(29)26-19-12-15(4-7-21(19)30-20)14-27-10-8-16(9-11-27)17-5-6-18(25-13-17)22(28)24-2/h4-8,12-13,20H,3,9-11,14H2,1-2H3,(H,24,28)(H,26,29). The summed E-state index contributed by atoms with van der Waals surface area (Å²) in [5.41, 5.74) is 4.62. The number of carbonyl (C=O) groups excluding carboxylic acids is 2. The van der Waals surface area contributed by atoms with E-state index in [2.05, 4.69) is 32.7 Å². The van der Waals surface area contributed by atoms with Crippen molar-refractivity contribution in [1.82, 2.24) is 15.2 Å². The molecule has 0 aliphatic carbocycles. The molecule has 0 radical (unpaired) electrons. The Kier molecular flexibility index (Phi) is 5.81. The molecule has 30 heavy (non-hydrogen) atoms. The van der Waals surface area contributed by atoms with Crippen LogP contribution in [-0.4, -0.2) is 47.9 Å². The second-order valence-electron chi connectivity index (χ2n) is 7.56. The molecule has 7 heteroatoms. The Hall–Kier alpha value is -3.19. The fourth-order valence-electron chi connectivity index (χ4n) is 3.79. The van der Waals surface area contributed by atoms with Gasteiger partial charge in [0.2, 0.25) is 0 Å². The molecule has 7 nitrogen and oxygen atoms in total. The number of carbonyl (C=O) groups is 2. The summed E-state index contributed by atoms with van der Waals surface area (Å²) in [4.78, 5) is 30.3. The van der Waals surface area contributed by atoms with Crippen LogP contribution in [0.4, 0.5) is 5.69 Å². The zero-order valence-electron chi connectivity index (χ0n) is 17.3. The predicted molar refractivity (Wildman–Crippen MR) is 115 cm³/mol. The number of anilines is 1. The van der Waals surface area contributed by atoms with Crippen molar-refractivity contribution in [2.45, 2.75) is 32.4 Å². The van der Waals surface area contributed by atoms with Gasteiger partial charge in [-0.2, -0.15) is 0 Å². The predicted octanol–water partition coefficient (Wildman–Crippen LogP) is 2.84. The Morgan fingerprint density at radius 2 is 2.20 bits per heavy atom. The van der Waals surface area contributed by atoms with E-state index in [1.165, 1.54) is 5.57 Å². The Labute approximate surface area is 176 Å². The quantitative estimate of drug-likeness (QED) is 0.798. The number of rotatable bonds is 5. The fraction of sp³-hybridized carbons (Fsp3) is 0.348. The zero-order chi connectivity index (χ0) is 21.1. The molecule has 0 fully saturated rings. The van der Waals surface area contributed by atoms with Crippen molar-refractivity contribution in [2.24, 2.45) is 0 Å². The highest BCUT2D eigenvalue weighted by molar-refractivity contribution is 5.97. The molecular weight excluding hydrogens is 380 g/mol. The van der Waals surface area contributed by atoms with Crippen molar-refractivity contribution in [3.63, 3.8) is 0 Å². The molecule has 2 aromatic rings. The molecule has 0 spiro atoms. The van der Waals surface area contributed by atoms with Gasteiger partial charge in [0.25, 0.3) is 11.8 Å². The molecule has 2 amide bonds. The number of ether oxygens (including phenoxy) is 1. The Morgan fingerprint density at radius 3 is 2.87 bits per heavy atom. The Bertz CT molecular complexity index is 984. The van der Waals surface area contributed by atoms with Crippen LogP contribution >= 0.6 is 0 Å². The molecule has 2 aliphatic heterocycles. The molecule has 0 bridgehead atoms. The van der Waals surface area contributed by atoms with Gasteiger partial charge in [0.1, 0.15) is 11.4 Å². The third-order valence-corrected chi connectivity index (χ3v) is 5.53. The second kappa shape index (κ2) is 8.67. The molecule has 0 saturated heterocycles. The topological polar surface area (TPSA) is 83.6 Å². The van der Waals surface area contributed by atoms with Gasteiger partial charge in [-0.1, -0.05) is 25.1 Å². The van der Waals surface area contributed by atoms with Crippen molar-refractivity contribution >= 4 is 23.1 Å². The molecule has 1 atom stereocenters. The minimum absolute atomic E-state index is 0.0799. The maximum absolute atomic E-state index is 12.1. The van der Waals surface area contributed by atoms with Gasteiger partial charge in [0.15, 0.2) is 6.10 Å². The van der Waals surface area contributed by atoms with E-state index in [9.17, 15) is 9.59 Å². The summed E-state index contributed by atoms with van der Waals surface area (Å²) >= 11 is 0. The van der Waals surface area contributed by atoms with E-state index in [0.29, 0.717) is 12.1 Å². The number of pyridine rings is 1. The van der Waals surface area contributed by atoms with Gasteiger partial charge in [0, 0.05) is 32.9 Å². The van der Waals surface area contributed by atoms with Crippen molar-refractivity contribution in [3.8, 4) is 5.75 Å². The number of hydrogen-bond acceptors (Lipinski definition) is 5. The largest absolute Gasteiger partial charge is 0.478 e. The maximum atomic E-state index is 12.1. The summed E-state index contributed by atoms with van der Waals surface area (Å²) in [6.07, 6.45) is 5.15. The lowest BCUT2D eigenvalue weighted by atomic mass is 10.0. The van der Waals surface area contributed by atoms with E-state index in [4.69, 9.17) is 4.74 Å². The highest BCUT2D eigenvalue weighted by Gasteiger charge is 2.26. The van der Waals surface area contributed by atoms with E-state index in [-0.39, 0.29) is 11.8 Å². The molecule has 2 aliphatic rings. The summed E-state index contributed by atoms with van der Waals surface area (Å²) in [6, 6.07) is 9.71. The van der Waals surface area contributed by atoms with Crippen molar-refractivity contribution < 1.29 is 14.3 Å². The van der Waals surface area contributed by atoms with E-state index >= 15 is 0 Å². The summed E-state index contributed by atoms with van der Waals surface area (Å²) < 4.78 is 5.77. The smallest absolute Gasteiger partial charge is 0.269 e. The fourth-order valence-corrected chi connectivity index (χ4v) is 3.79. The molecule has 1 unspecified atom stereocenters. The Balaban J connectivity index is 1.39. The average Bonchev–Trinajstić information content (AvgIpc) is 2.78. The lowest BCUT2D eigenvalue weighted by Gasteiger charge is -2.28. The van der Waals surface area contributed by atoms with Gasteiger partial charge in [-0.25, -0.2) is 0 Å². The molecule has 4 rings (SSSR count). The minimum Gasteiger partial charge on any atom is -0.478 e. The van der Waals surface area contributed by atoms with E-state index in [0.717, 1.165) is 48.6 Å². The van der Waals surface area contributed by atoms with Crippen LogP contribution in [0.1, 0.15) is 41.4 Å². The Morgan fingerprint density at radius 1 is 1.33 bits per heavy atom. The monoisotopic (exact) mass is 406 g/mol. The van der Waals surface area contributed by atoms with Crippen molar-refractivity contribution in [1.29, 1.82) is 0 Å². The molecule has 1 aromatic heterocycles. The number of amides is 2. The molecular formula is C23H26N4O3. The molecule has 2 N–H and O–H groups in total. The summed E-state index contributed by atoms with van der Waals surface area (Å²) in [5, 5.41) is 5.54. The first-order valence-corrected chi connectivity index (χ1v) is 10.3. The first-order valence-electron chi connectivity index (χ1n) is 10.3. The SMILES string of the molecule is CCC1Oc2ccc(CN3CC=C(c4ccc(C(=O)NC)nc4)CC3)cc2NC1=O. The number of hydrogen-bond donors (Lipinski definition) is 2. The first-order chi connectivity index (χ1) is 14.6. The third kappa shape index (κ3) is 4.21. The number of nitrogens with one attached hydrogen (secondary N) is 2. The summed E-state index contributed by atoms with van der Waals surface area (Å²) in [7, 11) is 1.60. The summed E-state index contributed by atoms with van der Waals surface area (Å²) in [6.45, 7) is 4.51. The maximum Gasteiger partial charge on any atom is 0.269 e. The van der Waals surface area contributed by atoms with Crippen LogP contribution in [0.3, 0.4) is 0 Å². The van der Waals surface area contributed by atoms with E-state index in [1.54, 1.807) is 19.3 Å². The van der Waals surface area contributed by atoms with E-state index in [1.807, 2.05) is 25.1 Å². The number of fused-ring (bicyclic) bond motifs is 1. The first kappa shape index (κ1) is 20.1. The highest BCUT2D eigenvalue weighted by Crippen LogP contribution is 2.32. The summed E-state index contributed by atoms with van der Waals surface area (Å²) in [5.74, 6) is 0.477. The van der Waals surface area contributed by atoms with Gasteiger partial charge >= 0.3 is 0 Å². The van der Waals surface area contributed by atoms with Gasteiger partial charge in [-0.3, -0.25) is 19.5 Å². The molecule has 1 aromatic carbocycles. The highest BCUT2D eigenvalue weighted by atomic mass is 16.5. The van der Waals surface area contributed by atoms with Crippen molar-refractivity contribution in [2.75, 3.05) is 25.5 Å². The average molecular weight is 406 g/mol. The molecule has 3 heterocycles. The van der Waals surface area contributed by atoms with Crippen LogP contribution in [0.15, 0.2) is 42.6 Å². The van der Waals surface area contributed by atoms with Crippen LogP contribution < -0.4 is 15.4 Å². The van der Waals surface area contributed by atoms with Crippen LogP contribution in [0, 0.1) is 0 Å². The minimum atomic E-state index is -0.408. The lowest BCUT2D eigenvalue weighted by molar-refractivity contribution is -0.123. The van der Waals surface area contributed by atoms with Gasteiger partial charge < -0.3 is 15.4 Å². The van der Waals surface area contributed by atoms with Crippen LogP contribution in [-0.2, 0) is 11.3 Å². The molecule has 0 saturated carbocycles. The van der Waals surface area contributed by atoms with Crippen LogP contribution in [0.25, 0.3) is 5.57 Å². The van der Waals surface area contributed by atoms with Gasteiger partial charge in [-0.05, 0) is 47.7 Å². The number of aromatic nitrogens is 1. The van der Waals surface area contributed by atoms with E-state index < -0.39 is 6.10 Å². The van der Waals surface area contributed by atoms with Crippen molar-refractivity contribution in [3.05, 3.63) is 59.4 Å². The normalized spacial score (nSPS) is 18.7. The third-order valence-electron chi connectivity index (χ3n) is 5.53. The zero-order valence-corrected chi connectivity index (χ0v) is 17.3. The van der Waals surface area contributed by atoms with Gasteiger partial charge in [0.05, 0.1) is 5.69 Å². The number of benzene rings is 1. The molecule has 156 valence electrons. The second-order valence-corrected chi connectivity index (χ2v) is 7.56. The van der Waals surface area contributed by atoms with Crippen LogP contribution in [0.5, 0.6) is 5.75 Å². The van der Waals surface area contributed by atoms with Crippen LogP contribution in [0.2, 0.25) is 0 Å².